The van der Waals surface area contributed by atoms with Crippen LogP contribution in [0.2, 0.25) is 0 Å². The second-order valence-electron chi connectivity index (χ2n) is 4.67. The van der Waals surface area contributed by atoms with Gasteiger partial charge in [0.05, 0.1) is 6.61 Å². The molecule has 1 N–H and O–H groups in total. The third-order valence-electron chi connectivity index (χ3n) is 2.94. The molecule has 1 aromatic heterocycles. The third-order valence-corrected chi connectivity index (χ3v) is 2.94. The van der Waals surface area contributed by atoms with Crippen molar-refractivity contribution in [3.8, 4) is 5.75 Å². The highest BCUT2D eigenvalue weighted by Gasteiger charge is 2.13. The maximum Gasteiger partial charge on any atom is 0.230 e. The Kier molecular flexibility index (Phi) is 5.55. The number of hydrogen-bond donors (Lipinski definition) is 1. The molecule has 5 nitrogen and oxygen atoms in total. The van der Waals surface area contributed by atoms with Gasteiger partial charge in [-0.05, 0) is 18.7 Å². The van der Waals surface area contributed by atoms with E-state index in [2.05, 4.69) is 29.3 Å². The molecule has 0 aliphatic carbocycles. The van der Waals surface area contributed by atoms with Gasteiger partial charge in [-0.2, -0.15) is 4.98 Å². The summed E-state index contributed by atoms with van der Waals surface area (Å²) in [6.45, 7) is 6.48. The van der Waals surface area contributed by atoms with Crippen LogP contribution < -0.4 is 10.1 Å². The monoisotopic (exact) mass is 275 g/mol. The van der Waals surface area contributed by atoms with Crippen molar-refractivity contribution < 1.29 is 9.26 Å². The molecule has 108 valence electrons. The highest BCUT2D eigenvalue weighted by atomic mass is 16.5. The fraction of sp³-hybridized carbons (Fsp3) is 0.467. The van der Waals surface area contributed by atoms with Crippen LogP contribution in [0.3, 0.4) is 0 Å². The van der Waals surface area contributed by atoms with Crippen molar-refractivity contribution in [3.63, 3.8) is 0 Å². The van der Waals surface area contributed by atoms with Gasteiger partial charge in [-0.3, -0.25) is 0 Å². The predicted octanol–water partition coefficient (Wildman–Crippen LogP) is 2.40. The first-order valence-corrected chi connectivity index (χ1v) is 7.00. The van der Waals surface area contributed by atoms with Gasteiger partial charge in [-0.15, -0.1) is 0 Å². The number of nitrogens with zero attached hydrogens (tertiary/aromatic N) is 2. The molecule has 1 heterocycles. The maximum atomic E-state index is 5.61. The second-order valence-corrected chi connectivity index (χ2v) is 4.67. The van der Waals surface area contributed by atoms with E-state index >= 15 is 0 Å². The lowest BCUT2D eigenvalue weighted by Gasteiger charge is -2.05. The van der Waals surface area contributed by atoms with Crippen molar-refractivity contribution in [1.82, 2.24) is 15.5 Å². The SMILES string of the molecule is CCNCC(C)c1nc(CCOc2ccccc2)no1. The van der Waals surface area contributed by atoms with Crippen LogP contribution in [0.1, 0.15) is 31.5 Å². The molecule has 0 aliphatic rings. The van der Waals surface area contributed by atoms with Gasteiger partial charge in [0.2, 0.25) is 5.89 Å². The van der Waals surface area contributed by atoms with Crippen LogP contribution in [-0.2, 0) is 6.42 Å². The number of hydrogen-bond acceptors (Lipinski definition) is 5. The summed E-state index contributed by atoms with van der Waals surface area (Å²) in [5.74, 6) is 2.46. The van der Waals surface area contributed by atoms with Crippen LogP contribution in [-0.4, -0.2) is 29.8 Å². The first-order chi connectivity index (χ1) is 9.79. The van der Waals surface area contributed by atoms with Gasteiger partial charge in [-0.25, -0.2) is 0 Å². The number of para-hydroxylation sites is 1. The van der Waals surface area contributed by atoms with Gasteiger partial charge in [0.1, 0.15) is 5.75 Å². The molecule has 0 saturated heterocycles. The molecular weight excluding hydrogens is 254 g/mol. The zero-order valence-corrected chi connectivity index (χ0v) is 12.0. The second kappa shape index (κ2) is 7.65. The molecule has 1 atom stereocenters. The number of nitrogens with one attached hydrogen (secondary N) is 1. The van der Waals surface area contributed by atoms with E-state index in [1.807, 2.05) is 30.3 Å². The summed E-state index contributed by atoms with van der Waals surface area (Å²) in [5, 5.41) is 7.25. The average Bonchev–Trinajstić information content (AvgIpc) is 2.95. The van der Waals surface area contributed by atoms with Crippen LogP contribution in [0.15, 0.2) is 34.9 Å². The third kappa shape index (κ3) is 4.35. The molecule has 0 spiro atoms. The molecule has 0 radical (unpaired) electrons. The Hall–Kier alpha value is -1.88. The van der Waals surface area contributed by atoms with Crippen molar-refractivity contribution in [3.05, 3.63) is 42.0 Å². The summed E-state index contributed by atoms with van der Waals surface area (Å²) in [6, 6.07) is 9.72. The van der Waals surface area contributed by atoms with Crippen LogP contribution in [0, 0.1) is 0 Å². The molecule has 0 amide bonds. The van der Waals surface area contributed by atoms with E-state index < -0.39 is 0 Å². The molecule has 1 unspecified atom stereocenters. The Morgan fingerprint density at radius 2 is 2.10 bits per heavy atom. The van der Waals surface area contributed by atoms with Crippen LogP contribution in [0.5, 0.6) is 5.75 Å². The zero-order valence-electron chi connectivity index (χ0n) is 12.0. The van der Waals surface area contributed by atoms with Crippen molar-refractivity contribution >= 4 is 0 Å². The van der Waals surface area contributed by atoms with Crippen LogP contribution in [0.25, 0.3) is 0 Å². The van der Waals surface area contributed by atoms with E-state index in [9.17, 15) is 0 Å². The minimum absolute atomic E-state index is 0.228. The molecule has 5 heteroatoms. The summed E-state index contributed by atoms with van der Waals surface area (Å²) in [6.07, 6.45) is 0.645. The van der Waals surface area contributed by atoms with Gasteiger partial charge in [0, 0.05) is 18.9 Å². The zero-order chi connectivity index (χ0) is 14.2. The molecule has 0 bridgehead atoms. The van der Waals surface area contributed by atoms with Crippen molar-refractivity contribution in [2.45, 2.75) is 26.2 Å². The number of aromatic nitrogens is 2. The van der Waals surface area contributed by atoms with Crippen molar-refractivity contribution in [2.75, 3.05) is 19.7 Å². The van der Waals surface area contributed by atoms with Crippen molar-refractivity contribution in [2.24, 2.45) is 0 Å². The lowest BCUT2D eigenvalue weighted by molar-refractivity contribution is 0.312. The number of benzene rings is 1. The van der Waals surface area contributed by atoms with E-state index in [0.717, 1.165) is 18.8 Å². The summed E-state index contributed by atoms with van der Waals surface area (Å²) in [5.41, 5.74) is 0. The smallest absolute Gasteiger partial charge is 0.230 e. The minimum Gasteiger partial charge on any atom is -0.493 e. The first kappa shape index (κ1) is 14.5. The minimum atomic E-state index is 0.228. The summed E-state index contributed by atoms with van der Waals surface area (Å²) in [4.78, 5) is 4.40. The largest absolute Gasteiger partial charge is 0.493 e. The molecule has 0 saturated carbocycles. The van der Waals surface area contributed by atoms with Crippen molar-refractivity contribution in [1.29, 1.82) is 0 Å². The Bertz CT molecular complexity index is 499. The lowest BCUT2D eigenvalue weighted by Crippen LogP contribution is -2.19. The fourth-order valence-electron chi connectivity index (χ4n) is 1.79. The van der Waals surface area contributed by atoms with Gasteiger partial charge in [0.25, 0.3) is 0 Å². The standard InChI is InChI=1S/C15H21N3O2/c1-3-16-11-12(2)15-17-14(18-20-15)9-10-19-13-7-5-4-6-8-13/h4-8,12,16H,3,9-11H2,1-2H3. The number of rotatable bonds is 8. The Balaban J connectivity index is 1.78. The molecule has 0 fully saturated rings. The van der Waals surface area contributed by atoms with E-state index in [-0.39, 0.29) is 5.92 Å². The van der Waals surface area contributed by atoms with Gasteiger partial charge < -0.3 is 14.6 Å². The Morgan fingerprint density at radius 1 is 1.30 bits per heavy atom. The molecule has 1 aromatic carbocycles. The summed E-state index contributed by atoms with van der Waals surface area (Å²) < 4.78 is 10.9. The van der Waals surface area contributed by atoms with E-state index in [1.54, 1.807) is 0 Å². The van der Waals surface area contributed by atoms with Crippen LogP contribution >= 0.6 is 0 Å². The lowest BCUT2D eigenvalue weighted by atomic mass is 10.2. The normalized spacial score (nSPS) is 12.3. The van der Waals surface area contributed by atoms with Gasteiger partial charge >= 0.3 is 0 Å². The highest BCUT2D eigenvalue weighted by molar-refractivity contribution is 5.20. The quantitative estimate of drug-likeness (QED) is 0.801. The van der Waals surface area contributed by atoms with Gasteiger partial charge in [0.15, 0.2) is 5.82 Å². The number of ether oxygens (including phenoxy) is 1. The fourth-order valence-corrected chi connectivity index (χ4v) is 1.79. The number of likely N-dealkylation sites (N-methyl/N-ethyl adjacent to an activating group) is 1. The molecule has 2 rings (SSSR count). The summed E-state index contributed by atoms with van der Waals surface area (Å²) in [7, 11) is 0. The Morgan fingerprint density at radius 3 is 2.85 bits per heavy atom. The molecule has 2 aromatic rings. The van der Waals surface area contributed by atoms with E-state index in [1.165, 1.54) is 0 Å². The molecule has 0 aliphatic heterocycles. The van der Waals surface area contributed by atoms with Crippen LogP contribution in [0.4, 0.5) is 0 Å². The van der Waals surface area contributed by atoms with E-state index in [4.69, 9.17) is 9.26 Å². The van der Waals surface area contributed by atoms with E-state index in [0.29, 0.717) is 24.7 Å². The first-order valence-electron chi connectivity index (χ1n) is 7.00. The predicted molar refractivity (Wildman–Crippen MR) is 76.9 cm³/mol. The Labute approximate surface area is 119 Å². The van der Waals surface area contributed by atoms with Gasteiger partial charge in [-0.1, -0.05) is 37.2 Å². The molecule has 20 heavy (non-hydrogen) atoms. The topological polar surface area (TPSA) is 60.2 Å². The summed E-state index contributed by atoms with van der Waals surface area (Å²) >= 11 is 0. The molecular formula is C15H21N3O2. The average molecular weight is 275 g/mol. The maximum absolute atomic E-state index is 5.61. The highest BCUT2D eigenvalue weighted by Crippen LogP contribution is 2.12.